The van der Waals surface area contributed by atoms with Crippen molar-refractivity contribution in [2.24, 2.45) is 0 Å². The molecule has 0 radical (unpaired) electrons. The van der Waals surface area contributed by atoms with E-state index in [0.29, 0.717) is 0 Å². The van der Waals surface area contributed by atoms with E-state index in [-0.39, 0.29) is 12.1 Å². The third-order valence-corrected chi connectivity index (χ3v) is 2.08. The summed E-state index contributed by atoms with van der Waals surface area (Å²) in [5.41, 5.74) is -0.783. The van der Waals surface area contributed by atoms with Gasteiger partial charge in [0, 0.05) is 6.54 Å². The summed E-state index contributed by atoms with van der Waals surface area (Å²) in [6, 6.07) is 2.16. The molecule has 0 bridgehead atoms. The lowest BCUT2D eigenvalue weighted by atomic mass is 10.1. The topological polar surface area (TPSA) is 38.3 Å². The number of benzene rings is 1. The SMILES string of the molecule is C#Cc1c(F)cc(CNC(=O)OC(C)(C)C)cc1F. The monoisotopic (exact) mass is 267 g/mol. The summed E-state index contributed by atoms with van der Waals surface area (Å²) in [4.78, 5) is 11.4. The molecule has 0 aromatic heterocycles. The molecule has 5 heteroatoms. The second-order valence-electron chi connectivity index (χ2n) is 4.93. The Morgan fingerprint density at radius 3 is 2.32 bits per heavy atom. The first kappa shape index (κ1) is 15.0. The summed E-state index contributed by atoms with van der Waals surface area (Å²) in [5, 5.41) is 2.40. The lowest BCUT2D eigenvalue weighted by Gasteiger charge is -2.19. The van der Waals surface area contributed by atoms with Crippen LogP contribution in [-0.2, 0) is 11.3 Å². The molecule has 0 spiro atoms. The van der Waals surface area contributed by atoms with Gasteiger partial charge >= 0.3 is 6.09 Å². The van der Waals surface area contributed by atoms with Gasteiger partial charge in [0.2, 0.25) is 0 Å². The molecule has 1 amide bonds. The van der Waals surface area contributed by atoms with Gasteiger partial charge in [0.1, 0.15) is 17.2 Å². The van der Waals surface area contributed by atoms with Crippen LogP contribution in [0.4, 0.5) is 13.6 Å². The van der Waals surface area contributed by atoms with Gasteiger partial charge in [-0.15, -0.1) is 6.42 Å². The zero-order chi connectivity index (χ0) is 14.6. The first-order valence-corrected chi connectivity index (χ1v) is 5.64. The number of rotatable bonds is 2. The van der Waals surface area contributed by atoms with Crippen molar-refractivity contribution in [1.29, 1.82) is 0 Å². The molecule has 0 saturated carbocycles. The number of halogens is 2. The quantitative estimate of drug-likeness (QED) is 0.837. The largest absolute Gasteiger partial charge is 0.444 e. The van der Waals surface area contributed by atoms with Crippen molar-refractivity contribution in [2.75, 3.05) is 0 Å². The predicted molar refractivity (Wildman–Crippen MR) is 67.4 cm³/mol. The van der Waals surface area contributed by atoms with E-state index in [1.807, 2.05) is 5.92 Å². The highest BCUT2D eigenvalue weighted by molar-refractivity contribution is 5.67. The van der Waals surface area contributed by atoms with Crippen LogP contribution >= 0.6 is 0 Å². The van der Waals surface area contributed by atoms with Crippen molar-refractivity contribution < 1.29 is 18.3 Å². The lowest BCUT2D eigenvalue weighted by molar-refractivity contribution is 0.0523. The fraction of sp³-hybridized carbons (Fsp3) is 0.357. The smallest absolute Gasteiger partial charge is 0.407 e. The number of ether oxygens (including phenoxy) is 1. The molecule has 3 nitrogen and oxygen atoms in total. The van der Waals surface area contributed by atoms with Gasteiger partial charge in [-0.2, -0.15) is 0 Å². The van der Waals surface area contributed by atoms with Crippen LogP contribution in [0.5, 0.6) is 0 Å². The van der Waals surface area contributed by atoms with E-state index in [2.05, 4.69) is 5.32 Å². The average Bonchev–Trinajstić information content (AvgIpc) is 2.23. The van der Waals surface area contributed by atoms with Gasteiger partial charge in [0.25, 0.3) is 0 Å². The summed E-state index contributed by atoms with van der Waals surface area (Å²) in [6.07, 6.45) is 4.32. The zero-order valence-corrected chi connectivity index (χ0v) is 11.0. The molecule has 0 aliphatic carbocycles. The lowest BCUT2D eigenvalue weighted by Crippen LogP contribution is -2.32. The van der Waals surface area contributed by atoms with Crippen LogP contribution in [0.3, 0.4) is 0 Å². The maximum atomic E-state index is 13.4. The Labute approximate surface area is 111 Å². The Morgan fingerprint density at radius 1 is 1.37 bits per heavy atom. The maximum absolute atomic E-state index is 13.4. The van der Waals surface area contributed by atoms with Gasteiger partial charge < -0.3 is 10.1 Å². The molecule has 1 rings (SSSR count). The van der Waals surface area contributed by atoms with E-state index >= 15 is 0 Å². The van der Waals surface area contributed by atoms with Crippen LogP contribution in [-0.4, -0.2) is 11.7 Å². The number of nitrogens with one attached hydrogen (secondary N) is 1. The van der Waals surface area contributed by atoms with E-state index in [1.54, 1.807) is 20.8 Å². The highest BCUT2D eigenvalue weighted by atomic mass is 19.1. The van der Waals surface area contributed by atoms with Crippen molar-refractivity contribution in [1.82, 2.24) is 5.32 Å². The van der Waals surface area contributed by atoms with Crippen molar-refractivity contribution in [2.45, 2.75) is 32.9 Å². The predicted octanol–water partition coefficient (Wildman–Crippen LogP) is 2.97. The molecule has 1 N–H and O–H groups in total. The Morgan fingerprint density at radius 2 is 1.89 bits per heavy atom. The molecule has 0 saturated heterocycles. The first-order valence-electron chi connectivity index (χ1n) is 5.64. The van der Waals surface area contributed by atoms with Gasteiger partial charge in [-0.05, 0) is 38.5 Å². The van der Waals surface area contributed by atoms with Crippen molar-refractivity contribution in [3.8, 4) is 12.3 Å². The number of carbonyl (C=O) groups is 1. The van der Waals surface area contributed by atoms with Gasteiger partial charge in [-0.1, -0.05) is 5.92 Å². The highest BCUT2D eigenvalue weighted by Gasteiger charge is 2.16. The summed E-state index contributed by atoms with van der Waals surface area (Å²) in [6.45, 7) is 5.10. The minimum absolute atomic E-state index is 0.0480. The molecule has 1 aromatic rings. The zero-order valence-electron chi connectivity index (χ0n) is 11.0. The van der Waals surface area contributed by atoms with Gasteiger partial charge in [-0.25, -0.2) is 13.6 Å². The van der Waals surface area contributed by atoms with E-state index in [1.165, 1.54) is 0 Å². The van der Waals surface area contributed by atoms with Crippen LogP contribution in [0.1, 0.15) is 31.9 Å². The van der Waals surface area contributed by atoms with Crippen molar-refractivity contribution in [3.05, 3.63) is 34.9 Å². The highest BCUT2D eigenvalue weighted by Crippen LogP contribution is 2.14. The van der Waals surface area contributed by atoms with Gasteiger partial charge in [0.05, 0.1) is 5.56 Å². The summed E-state index contributed by atoms with van der Waals surface area (Å²) in [5.74, 6) is 0.264. The number of hydrogen-bond donors (Lipinski definition) is 1. The number of carbonyl (C=O) groups excluding carboxylic acids is 1. The fourth-order valence-corrected chi connectivity index (χ4v) is 1.35. The number of hydrogen-bond acceptors (Lipinski definition) is 2. The van der Waals surface area contributed by atoms with E-state index < -0.39 is 28.9 Å². The van der Waals surface area contributed by atoms with Crippen LogP contribution in [0, 0.1) is 24.0 Å². The molecule has 0 fully saturated rings. The standard InChI is InChI=1S/C14H15F2NO2/c1-5-10-11(15)6-9(7-12(10)16)8-17-13(18)19-14(2,3)4/h1,6-7H,8H2,2-4H3,(H,17,18). The molecular formula is C14H15F2NO2. The van der Waals surface area contributed by atoms with Gasteiger partial charge in [0.15, 0.2) is 0 Å². The normalized spacial score (nSPS) is 10.7. The second-order valence-corrected chi connectivity index (χ2v) is 4.93. The molecule has 0 unspecified atom stereocenters. The molecular weight excluding hydrogens is 252 g/mol. The second kappa shape index (κ2) is 5.70. The van der Waals surface area contributed by atoms with Crippen molar-refractivity contribution in [3.63, 3.8) is 0 Å². The molecule has 19 heavy (non-hydrogen) atoms. The minimum atomic E-state index is -0.830. The Kier molecular flexibility index (Phi) is 4.49. The third-order valence-electron chi connectivity index (χ3n) is 2.08. The first-order chi connectivity index (χ1) is 8.73. The molecule has 0 heterocycles. The molecule has 0 aliphatic rings. The molecule has 0 atom stereocenters. The number of amides is 1. The van der Waals surface area contributed by atoms with Crippen molar-refractivity contribution >= 4 is 6.09 Å². The van der Waals surface area contributed by atoms with Crippen LogP contribution in [0.15, 0.2) is 12.1 Å². The van der Waals surface area contributed by atoms with Crippen LogP contribution < -0.4 is 5.32 Å². The summed E-state index contributed by atoms with van der Waals surface area (Å²) in [7, 11) is 0. The van der Waals surface area contributed by atoms with E-state index in [0.717, 1.165) is 12.1 Å². The number of terminal acetylenes is 1. The fourth-order valence-electron chi connectivity index (χ4n) is 1.35. The summed E-state index contributed by atoms with van der Waals surface area (Å²) >= 11 is 0. The summed E-state index contributed by atoms with van der Waals surface area (Å²) < 4.78 is 31.8. The number of alkyl carbamates (subject to hydrolysis) is 1. The Hall–Kier alpha value is -2.09. The average molecular weight is 267 g/mol. The maximum Gasteiger partial charge on any atom is 0.407 e. The minimum Gasteiger partial charge on any atom is -0.444 e. The van der Waals surface area contributed by atoms with E-state index in [9.17, 15) is 13.6 Å². The van der Waals surface area contributed by atoms with Crippen LogP contribution in [0.25, 0.3) is 0 Å². The van der Waals surface area contributed by atoms with Gasteiger partial charge in [-0.3, -0.25) is 0 Å². The van der Waals surface area contributed by atoms with E-state index in [4.69, 9.17) is 11.2 Å². The molecule has 0 aliphatic heterocycles. The Balaban J connectivity index is 2.70. The Bertz CT molecular complexity index is 504. The third kappa shape index (κ3) is 4.59. The van der Waals surface area contributed by atoms with Crippen LogP contribution in [0.2, 0.25) is 0 Å². The molecule has 1 aromatic carbocycles. The molecule has 102 valence electrons.